The number of benzene rings is 1. The van der Waals surface area contributed by atoms with Crippen molar-refractivity contribution in [3.63, 3.8) is 0 Å². The van der Waals surface area contributed by atoms with Gasteiger partial charge in [0, 0.05) is 36.1 Å². The quantitative estimate of drug-likeness (QED) is 0.612. The predicted octanol–water partition coefficient (Wildman–Crippen LogP) is 2.27. The fourth-order valence-corrected chi connectivity index (χ4v) is 1.72. The first-order valence-electron chi connectivity index (χ1n) is 5.77. The van der Waals surface area contributed by atoms with Gasteiger partial charge in [0.05, 0.1) is 12.1 Å². The van der Waals surface area contributed by atoms with E-state index in [1.54, 1.807) is 6.20 Å². The van der Waals surface area contributed by atoms with E-state index in [4.69, 9.17) is 10.5 Å². The number of hydrogen-bond acceptors (Lipinski definition) is 4. The second kappa shape index (κ2) is 5.50. The molecular weight excluding hydrogens is 214 g/mol. The van der Waals surface area contributed by atoms with Crippen molar-refractivity contribution in [2.24, 2.45) is 0 Å². The molecule has 1 heterocycles. The first-order valence-corrected chi connectivity index (χ1v) is 5.77. The van der Waals surface area contributed by atoms with E-state index in [0.29, 0.717) is 6.61 Å². The minimum atomic E-state index is 0.704. The largest absolute Gasteiger partial charge is 0.399 e. The van der Waals surface area contributed by atoms with Crippen molar-refractivity contribution in [2.75, 3.05) is 30.8 Å². The summed E-state index contributed by atoms with van der Waals surface area (Å²) in [6.07, 6.45) is 1.78. The van der Waals surface area contributed by atoms with Crippen LogP contribution in [0.3, 0.4) is 0 Å². The van der Waals surface area contributed by atoms with Gasteiger partial charge in [-0.3, -0.25) is 4.98 Å². The highest BCUT2D eigenvalue weighted by molar-refractivity contribution is 5.92. The smallest absolute Gasteiger partial charge is 0.0743 e. The molecule has 0 bridgehead atoms. The predicted molar refractivity (Wildman–Crippen MR) is 71.1 cm³/mol. The van der Waals surface area contributed by atoms with Crippen molar-refractivity contribution in [3.8, 4) is 0 Å². The molecule has 17 heavy (non-hydrogen) atoms. The molecule has 0 unspecified atom stereocenters. The Hall–Kier alpha value is -1.81. The lowest BCUT2D eigenvalue weighted by molar-refractivity contribution is 0.158. The molecule has 0 fully saturated rings. The third kappa shape index (κ3) is 2.85. The lowest BCUT2D eigenvalue weighted by Gasteiger charge is -2.09. The molecule has 0 saturated carbocycles. The number of nitrogens with one attached hydrogen (secondary N) is 1. The van der Waals surface area contributed by atoms with Crippen LogP contribution in [0.25, 0.3) is 10.9 Å². The molecule has 0 radical (unpaired) electrons. The summed E-state index contributed by atoms with van der Waals surface area (Å²) in [4.78, 5) is 4.30. The molecular formula is C13H17N3O. The molecule has 0 atom stereocenters. The van der Waals surface area contributed by atoms with E-state index >= 15 is 0 Å². The number of anilines is 2. The van der Waals surface area contributed by atoms with Gasteiger partial charge in [0.15, 0.2) is 0 Å². The van der Waals surface area contributed by atoms with Crippen LogP contribution in [0.2, 0.25) is 0 Å². The van der Waals surface area contributed by atoms with Gasteiger partial charge in [0.25, 0.3) is 0 Å². The zero-order valence-corrected chi connectivity index (χ0v) is 9.94. The molecule has 0 aliphatic carbocycles. The number of rotatable bonds is 5. The van der Waals surface area contributed by atoms with Gasteiger partial charge >= 0.3 is 0 Å². The summed E-state index contributed by atoms with van der Waals surface area (Å²) >= 11 is 0. The van der Waals surface area contributed by atoms with E-state index in [0.717, 1.165) is 35.4 Å². The number of hydrogen-bond donors (Lipinski definition) is 2. The van der Waals surface area contributed by atoms with Crippen LogP contribution < -0.4 is 11.1 Å². The molecule has 90 valence electrons. The second-order valence-electron chi connectivity index (χ2n) is 3.76. The van der Waals surface area contributed by atoms with Crippen LogP contribution in [0, 0.1) is 0 Å². The van der Waals surface area contributed by atoms with E-state index < -0.39 is 0 Å². The van der Waals surface area contributed by atoms with E-state index in [-0.39, 0.29) is 0 Å². The number of ether oxygens (including phenoxy) is 1. The Morgan fingerprint density at radius 3 is 3.06 bits per heavy atom. The zero-order valence-electron chi connectivity index (χ0n) is 9.94. The highest BCUT2D eigenvalue weighted by atomic mass is 16.5. The topological polar surface area (TPSA) is 60.2 Å². The fraction of sp³-hybridized carbons (Fsp3) is 0.308. The third-order valence-electron chi connectivity index (χ3n) is 2.53. The van der Waals surface area contributed by atoms with Crippen LogP contribution in [-0.4, -0.2) is 24.7 Å². The molecule has 4 nitrogen and oxygen atoms in total. The van der Waals surface area contributed by atoms with Gasteiger partial charge in [0.2, 0.25) is 0 Å². The summed E-state index contributed by atoms with van der Waals surface area (Å²) < 4.78 is 5.29. The van der Waals surface area contributed by atoms with Crippen molar-refractivity contribution >= 4 is 22.3 Å². The summed E-state index contributed by atoms with van der Waals surface area (Å²) in [6.45, 7) is 4.23. The SMILES string of the molecule is CCOCCNc1ccnc2cc(N)ccc12. The standard InChI is InChI=1S/C13H17N3O/c1-2-17-8-7-16-12-5-6-15-13-9-10(14)3-4-11(12)13/h3-6,9H,2,7-8,14H2,1H3,(H,15,16). The monoisotopic (exact) mass is 231 g/mol. The highest BCUT2D eigenvalue weighted by Crippen LogP contribution is 2.22. The van der Waals surface area contributed by atoms with Gasteiger partial charge in [-0.25, -0.2) is 0 Å². The minimum Gasteiger partial charge on any atom is -0.399 e. The molecule has 2 rings (SSSR count). The van der Waals surface area contributed by atoms with Crippen molar-refractivity contribution in [1.29, 1.82) is 0 Å². The number of aromatic nitrogens is 1. The average Bonchev–Trinajstić information content (AvgIpc) is 2.34. The maximum atomic E-state index is 5.73. The maximum absolute atomic E-state index is 5.73. The summed E-state index contributed by atoms with van der Waals surface area (Å²) in [7, 11) is 0. The Balaban J connectivity index is 2.16. The molecule has 1 aromatic carbocycles. The molecule has 4 heteroatoms. The van der Waals surface area contributed by atoms with Gasteiger partial charge in [-0.15, -0.1) is 0 Å². The van der Waals surface area contributed by atoms with Gasteiger partial charge in [-0.1, -0.05) is 0 Å². The van der Waals surface area contributed by atoms with Gasteiger partial charge in [-0.2, -0.15) is 0 Å². The van der Waals surface area contributed by atoms with Crippen LogP contribution in [-0.2, 0) is 4.74 Å². The highest BCUT2D eigenvalue weighted by Gasteiger charge is 2.01. The lowest BCUT2D eigenvalue weighted by Crippen LogP contribution is -2.09. The van der Waals surface area contributed by atoms with Crippen molar-refractivity contribution in [3.05, 3.63) is 30.5 Å². The van der Waals surface area contributed by atoms with E-state index in [2.05, 4.69) is 10.3 Å². The molecule has 1 aromatic heterocycles. The number of nitrogen functional groups attached to an aromatic ring is 1. The summed E-state index contributed by atoms with van der Waals surface area (Å²) in [5.74, 6) is 0. The Bertz CT molecular complexity index is 499. The molecule has 0 saturated heterocycles. The zero-order chi connectivity index (χ0) is 12.1. The molecule has 0 spiro atoms. The minimum absolute atomic E-state index is 0.704. The third-order valence-corrected chi connectivity index (χ3v) is 2.53. The summed E-state index contributed by atoms with van der Waals surface area (Å²) in [6, 6.07) is 7.71. The van der Waals surface area contributed by atoms with E-state index in [1.165, 1.54) is 0 Å². The first-order chi connectivity index (χ1) is 8.31. The van der Waals surface area contributed by atoms with Crippen LogP contribution in [0.1, 0.15) is 6.92 Å². The molecule has 2 aromatic rings. The number of pyridine rings is 1. The Labute approximate surface area is 101 Å². The van der Waals surface area contributed by atoms with E-state index in [1.807, 2.05) is 31.2 Å². The van der Waals surface area contributed by atoms with Crippen LogP contribution >= 0.6 is 0 Å². The number of fused-ring (bicyclic) bond motifs is 1. The van der Waals surface area contributed by atoms with Crippen LogP contribution in [0.4, 0.5) is 11.4 Å². The maximum Gasteiger partial charge on any atom is 0.0743 e. The van der Waals surface area contributed by atoms with Crippen molar-refractivity contribution in [1.82, 2.24) is 4.98 Å². The Kier molecular flexibility index (Phi) is 3.77. The second-order valence-corrected chi connectivity index (χ2v) is 3.76. The van der Waals surface area contributed by atoms with Gasteiger partial charge < -0.3 is 15.8 Å². The van der Waals surface area contributed by atoms with E-state index in [9.17, 15) is 0 Å². The summed E-state index contributed by atoms with van der Waals surface area (Å²) in [5.41, 5.74) is 8.44. The first kappa shape index (κ1) is 11.7. The Morgan fingerprint density at radius 2 is 2.24 bits per heavy atom. The number of nitrogens with two attached hydrogens (primary N) is 1. The molecule has 3 N–H and O–H groups in total. The Morgan fingerprint density at radius 1 is 1.35 bits per heavy atom. The van der Waals surface area contributed by atoms with Crippen LogP contribution in [0.15, 0.2) is 30.5 Å². The van der Waals surface area contributed by atoms with Crippen molar-refractivity contribution in [2.45, 2.75) is 6.92 Å². The normalized spacial score (nSPS) is 10.6. The van der Waals surface area contributed by atoms with Gasteiger partial charge in [-0.05, 0) is 31.2 Å². The average molecular weight is 231 g/mol. The van der Waals surface area contributed by atoms with Crippen molar-refractivity contribution < 1.29 is 4.74 Å². The van der Waals surface area contributed by atoms with Gasteiger partial charge in [0.1, 0.15) is 0 Å². The molecule has 0 aliphatic rings. The number of nitrogens with zero attached hydrogens (tertiary/aromatic N) is 1. The summed E-state index contributed by atoms with van der Waals surface area (Å²) in [5, 5.41) is 4.42. The van der Waals surface area contributed by atoms with Crippen LogP contribution in [0.5, 0.6) is 0 Å². The lowest BCUT2D eigenvalue weighted by atomic mass is 10.1. The molecule has 0 amide bonds. The molecule has 0 aliphatic heterocycles. The fourth-order valence-electron chi connectivity index (χ4n) is 1.72.